The van der Waals surface area contributed by atoms with Crippen LogP contribution >= 0.6 is 0 Å². The zero-order valence-electron chi connectivity index (χ0n) is 38.6. The monoisotopic (exact) mass is 868 g/mol. The number of unbranched alkanes of at least 4 members (excludes halogenated alkanes) is 23. The van der Waals surface area contributed by atoms with E-state index < -0.39 is 74.2 Å². The molecule has 358 valence electrons. The number of ether oxygens (including phenoxy) is 2. The number of hydrogen-bond acceptors (Lipinski definition) is 10. The molecule has 0 radical (unpaired) electrons. The molecular weight excluding hydrogens is 775 g/mol. The third-order valence-corrected chi connectivity index (χ3v) is 11.9. The fourth-order valence-electron chi connectivity index (χ4n) is 7.77. The van der Waals surface area contributed by atoms with E-state index in [-0.39, 0.29) is 12.8 Å². The molecule has 1 aliphatic rings. The van der Waals surface area contributed by atoms with Gasteiger partial charge in [-0.3, -0.25) is 4.79 Å². The molecule has 0 aromatic carbocycles. The summed E-state index contributed by atoms with van der Waals surface area (Å²) in [5.41, 5.74) is 0. The number of allylic oxidation sites excluding steroid dienone is 6. The Morgan fingerprint density at radius 3 is 1.46 bits per heavy atom. The molecule has 0 spiro atoms. The van der Waals surface area contributed by atoms with Crippen molar-refractivity contribution in [3.05, 3.63) is 36.5 Å². The van der Waals surface area contributed by atoms with E-state index in [9.17, 15) is 40.5 Å². The van der Waals surface area contributed by atoms with Gasteiger partial charge in [0.05, 0.1) is 25.4 Å². The van der Waals surface area contributed by atoms with Crippen LogP contribution in [-0.4, -0.2) is 110 Å². The highest BCUT2D eigenvalue weighted by Gasteiger charge is 2.44. The number of carbonyl (C=O) groups excluding carboxylic acids is 1. The van der Waals surface area contributed by atoms with Gasteiger partial charge in [0.2, 0.25) is 5.91 Å². The fourth-order valence-corrected chi connectivity index (χ4v) is 7.77. The minimum Gasteiger partial charge on any atom is -0.394 e. The van der Waals surface area contributed by atoms with Crippen LogP contribution in [-0.2, 0) is 14.3 Å². The van der Waals surface area contributed by atoms with Gasteiger partial charge in [0, 0.05) is 0 Å². The Kier molecular flexibility index (Phi) is 37.5. The molecule has 61 heavy (non-hydrogen) atoms. The zero-order chi connectivity index (χ0) is 44.8. The second kappa shape index (κ2) is 39.9. The van der Waals surface area contributed by atoms with Crippen LogP contribution in [0.2, 0.25) is 0 Å². The lowest BCUT2D eigenvalue weighted by Crippen LogP contribution is -2.60. The minimum atomic E-state index is -1.67. The van der Waals surface area contributed by atoms with E-state index in [0.29, 0.717) is 19.3 Å². The van der Waals surface area contributed by atoms with Crippen molar-refractivity contribution in [3.8, 4) is 0 Å². The molecule has 1 saturated heterocycles. The van der Waals surface area contributed by atoms with Crippen LogP contribution in [0, 0.1) is 0 Å². The Bertz CT molecular complexity index is 1090. The Labute approximate surface area is 371 Å². The first-order valence-electron chi connectivity index (χ1n) is 24.9. The van der Waals surface area contributed by atoms with Crippen molar-refractivity contribution < 1.29 is 50.0 Å². The van der Waals surface area contributed by atoms with Crippen LogP contribution in [0.1, 0.15) is 206 Å². The third-order valence-electron chi connectivity index (χ3n) is 11.9. The smallest absolute Gasteiger partial charge is 0.249 e. The second-order valence-corrected chi connectivity index (χ2v) is 17.5. The van der Waals surface area contributed by atoms with Gasteiger partial charge >= 0.3 is 0 Å². The average Bonchev–Trinajstić information content (AvgIpc) is 3.26. The van der Waals surface area contributed by atoms with Gasteiger partial charge in [-0.25, -0.2) is 0 Å². The van der Waals surface area contributed by atoms with Gasteiger partial charge in [-0.05, 0) is 64.2 Å². The molecule has 1 amide bonds. The van der Waals surface area contributed by atoms with Gasteiger partial charge in [0.25, 0.3) is 0 Å². The van der Waals surface area contributed by atoms with E-state index in [2.05, 4.69) is 55.6 Å². The van der Waals surface area contributed by atoms with Crippen molar-refractivity contribution in [1.82, 2.24) is 5.32 Å². The maximum atomic E-state index is 13.1. The first-order valence-corrected chi connectivity index (χ1v) is 24.9. The summed E-state index contributed by atoms with van der Waals surface area (Å²) in [6, 6.07) is -1.19. The Morgan fingerprint density at radius 1 is 0.557 bits per heavy atom. The van der Waals surface area contributed by atoms with Crippen molar-refractivity contribution in [1.29, 1.82) is 0 Å². The number of hydrogen-bond donors (Lipinski definition) is 8. The van der Waals surface area contributed by atoms with Crippen LogP contribution < -0.4 is 5.32 Å². The van der Waals surface area contributed by atoms with Crippen LogP contribution in [0.3, 0.4) is 0 Å². The van der Waals surface area contributed by atoms with Gasteiger partial charge in [-0.1, -0.05) is 179 Å². The Hall–Kier alpha value is -1.67. The lowest BCUT2D eigenvalue weighted by Gasteiger charge is -2.40. The second-order valence-electron chi connectivity index (χ2n) is 17.5. The molecule has 1 fully saturated rings. The SMILES string of the molecule is CCCCCCCCCCCC/C=C/CC/C=C/CC/C=C/CCCC(O)C(O)C(COC1OC(CO)C(O)C(O)C1O)NC(=O)C(O)CCCCCCCCCCCCC. The van der Waals surface area contributed by atoms with Crippen LogP contribution in [0.4, 0.5) is 0 Å². The van der Waals surface area contributed by atoms with E-state index in [1.807, 2.05) is 0 Å². The maximum Gasteiger partial charge on any atom is 0.249 e. The third kappa shape index (κ3) is 29.4. The predicted octanol–water partition coefficient (Wildman–Crippen LogP) is 8.78. The highest BCUT2D eigenvalue weighted by Crippen LogP contribution is 2.23. The van der Waals surface area contributed by atoms with Crippen LogP contribution in [0.25, 0.3) is 0 Å². The summed E-state index contributed by atoms with van der Waals surface area (Å²) in [5.74, 6) is -0.714. The summed E-state index contributed by atoms with van der Waals surface area (Å²) >= 11 is 0. The van der Waals surface area contributed by atoms with E-state index in [4.69, 9.17) is 9.47 Å². The lowest BCUT2D eigenvalue weighted by molar-refractivity contribution is -0.303. The molecule has 0 bridgehead atoms. The predicted molar refractivity (Wildman–Crippen MR) is 247 cm³/mol. The minimum absolute atomic E-state index is 0.242. The fraction of sp³-hybridized carbons (Fsp3) is 0.860. The molecule has 1 heterocycles. The van der Waals surface area contributed by atoms with Crippen molar-refractivity contribution >= 4 is 5.91 Å². The molecule has 8 N–H and O–H groups in total. The van der Waals surface area contributed by atoms with Crippen LogP contribution in [0.5, 0.6) is 0 Å². The molecule has 1 rings (SSSR count). The average molecular weight is 868 g/mol. The number of nitrogens with one attached hydrogen (secondary N) is 1. The highest BCUT2D eigenvalue weighted by atomic mass is 16.7. The molecule has 9 unspecified atom stereocenters. The summed E-state index contributed by atoms with van der Waals surface area (Å²) in [7, 11) is 0. The first kappa shape index (κ1) is 57.3. The van der Waals surface area contributed by atoms with Crippen molar-refractivity contribution in [2.24, 2.45) is 0 Å². The summed E-state index contributed by atoms with van der Waals surface area (Å²) in [4.78, 5) is 13.1. The highest BCUT2D eigenvalue weighted by molar-refractivity contribution is 5.80. The molecule has 1 aliphatic heterocycles. The zero-order valence-corrected chi connectivity index (χ0v) is 38.6. The molecule has 11 heteroatoms. The number of aliphatic hydroxyl groups excluding tert-OH is 7. The lowest BCUT2D eigenvalue weighted by atomic mass is 9.98. The van der Waals surface area contributed by atoms with E-state index >= 15 is 0 Å². The molecule has 0 aromatic heterocycles. The number of rotatable bonds is 41. The number of carbonyl (C=O) groups is 1. The molecule has 11 nitrogen and oxygen atoms in total. The first-order chi connectivity index (χ1) is 29.7. The summed E-state index contributed by atoms with van der Waals surface area (Å²) < 4.78 is 11.1. The van der Waals surface area contributed by atoms with Crippen molar-refractivity contribution in [2.75, 3.05) is 13.2 Å². The number of aliphatic hydroxyl groups is 7. The van der Waals surface area contributed by atoms with Gasteiger partial charge in [-0.15, -0.1) is 0 Å². The molecule has 0 aromatic rings. The topological polar surface area (TPSA) is 189 Å². The van der Waals surface area contributed by atoms with Gasteiger partial charge in [0.15, 0.2) is 6.29 Å². The Morgan fingerprint density at radius 2 is 0.984 bits per heavy atom. The standard InChI is InChI=1S/C50H93NO10/c1-3-5-7-9-11-13-15-16-17-18-19-20-21-22-23-24-25-26-28-29-31-33-35-37-42(53)45(55)41(40-60-50-48(58)47(57)46(56)44(39-52)61-50)51-49(59)43(54)38-36-34-32-30-27-14-12-10-8-6-4-2/h20-21,24-25,29,31,41-48,50,52-58H,3-19,22-23,26-28,30,32-40H2,1-2H3,(H,51,59)/b21-20+,25-24+,31-29+. The van der Waals surface area contributed by atoms with Crippen molar-refractivity contribution in [3.63, 3.8) is 0 Å². The molecule has 0 saturated carbocycles. The van der Waals surface area contributed by atoms with E-state index in [1.165, 1.54) is 116 Å². The maximum absolute atomic E-state index is 13.1. The molecule has 0 aliphatic carbocycles. The van der Waals surface area contributed by atoms with Crippen molar-refractivity contribution in [2.45, 2.75) is 262 Å². The van der Waals surface area contributed by atoms with Crippen LogP contribution in [0.15, 0.2) is 36.5 Å². The van der Waals surface area contributed by atoms with E-state index in [1.54, 1.807) is 0 Å². The summed E-state index contributed by atoms with van der Waals surface area (Å²) in [5, 5.41) is 75.6. The van der Waals surface area contributed by atoms with Gasteiger partial charge in [-0.2, -0.15) is 0 Å². The number of amides is 1. The van der Waals surface area contributed by atoms with E-state index in [0.717, 1.165) is 44.9 Å². The Balaban J connectivity index is 2.42. The summed E-state index contributed by atoms with van der Waals surface area (Å²) in [6.07, 6.45) is 34.9. The summed E-state index contributed by atoms with van der Waals surface area (Å²) in [6.45, 7) is 3.40. The van der Waals surface area contributed by atoms with Gasteiger partial charge in [0.1, 0.15) is 36.6 Å². The van der Waals surface area contributed by atoms with Gasteiger partial charge < -0.3 is 50.5 Å². The largest absolute Gasteiger partial charge is 0.394 e. The quantitative estimate of drug-likeness (QED) is 0.0218. The molecular formula is C50H93NO10. The molecule has 9 atom stereocenters. The normalized spacial score (nSPS) is 21.8.